The van der Waals surface area contributed by atoms with E-state index in [4.69, 9.17) is 14.2 Å². The van der Waals surface area contributed by atoms with Gasteiger partial charge in [-0.05, 0) is 29.8 Å². The van der Waals surface area contributed by atoms with Crippen molar-refractivity contribution < 1.29 is 19.0 Å². The van der Waals surface area contributed by atoms with E-state index in [0.29, 0.717) is 34.6 Å². The number of carbonyl (C=O) groups excluding carboxylic acids is 1. The molecule has 0 atom stereocenters. The predicted octanol–water partition coefficient (Wildman–Crippen LogP) is 3.88. The summed E-state index contributed by atoms with van der Waals surface area (Å²) in [7, 11) is 3.09. The zero-order valence-electron chi connectivity index (χ0n) is 14.4. The van der Waals surface area contributed by atoms with Crippen LogP contribution in [0.15, 0.2) is 54.0 Å². The van der Waals surface area contributed by atoms with E-state index >= 15 is 0 Å². The van der Waals surface area contributed by atoms with Gasteiger partial charge in [-0.2, -0.15) is 0 Å². The van der Waals surface area contributed by atoms with Crippen LogP contribution in [0.3, 0.4) is 0 Å². The highest BCUT2D eigenvalue weighted by molar-refractivity contribution is 7.11. The summed E-state index contributed by atoms with van der Waals surface area (Å²) in [4.78, 5) is 16.5. The fraction of sp³-hybridized carbons (Fsp3) is 0.158. The van der Waals surface area contributed by atoms with Crippen molar-refractivity contribution in [3.8, 4) is 22.4 Å². The molecule has 26 heavy (non-hydrogen) atoms. The van der Waals surface area contributed by atoms with Gasteiger partial charge in [-0.25, -0.2) is 4.98 Å². The van der Waals surface area contributed by atoms with Gasteiger partial charge < -0.3 is 19.5 Å². The average molecular weight is 370 g/mol. The molecule has 1 amide bonds. The molecule has 0 bridgehead atoms. The highest BCUT2D eigenvalue weighted by atomic mass is 32.1. The summed E-state index contributed by atoms with van der Waals surface area (Å²) in [5, 5.41) is 5.33. The van der Waals surface area contributed by atoms with Crippen LogP contribution in [0.4, 0.5) is 0 Å². The van der Waals surface area contributed by atoms with Crippen LogP contribution in [0, 0.1) is 0 Å². The first-order valence-electron chi connectivity index (χ1n) is 7.85. The topological polar surface area (TPSA) is 69.7 Å². The lowest BCUT2D eigenvalue weighted by atomic mass is 10.1. The summed E-state index contributed by atoms with van der Waals surface area (Å²) in [6.07, 6.45) is 1.69. The third-order valence-electron chi connectivity index (χ3n) is 3.60. The van der Waals surface area contributed by atoms with Crippen molar-refractivity contribution >= 4 is 17.2 Å². The lowest BCUT2D eigenvalue weighted by Gasteiger charge is -2.10. The number of ether oxygens (including phenoxy) is 3. The van der Waals surface area contributed by atoms with Crippen molar-refractivity contribution in [2.75, 3.05) is 14.2 Å². The van der Waals surface area contributed by atoms with Gasteiger partial charge in [-0.15, -0.1) is 0 Å². The molecule has 0 saturated heterocycles. The standard InChI is InChI=1S/C19H18N2O4S/c1-23-16-9-14(10-17(11-16)24-2)18(22)21-12-13-3-5-15(6-4-13)25-19-20-7-8-26-19/h3-11H,12H2,1-2H3,(H,21,22). The number of hydrogen-bond donors (Lipinski definition) is 1. The van der Waals surface area contributed by atoms with E-state index in [1.54, 1.807) is 38.6 Å². The van der Waals surface area contributed by atoms with Gasteiger partial charge in [0.15, 0.2) is 0 Å². The molecule has 0 aliphatic rings. The van der Waals surface area contributed by atoms with Crippen molar-refractivity contribution in [1.82, 2.24) is 10.3 Å². The molecule has 1 N–H and O–H groups in total. The van der Waals surface area contributed by atoms with Crippen LogP contribution < -0.4 is 19.5 Å². The first-order chi connectivity index (χ1) is 12.7. The number of nitrogens with one attached hydrogen (secondary N) is 1. The van der Waals surface area contributed by atoms with E-state index in [9.17, 15) is 4.79 Å². The Hall–Kier alpha value is -3.06. The summed E-state index contributed by atoms with van der Waals surface area (Å²) in [6, 6.07) is 12.5. The number of rotatable bonds is 7. The van der Waals surface area contributed by atoms with Gasteiger partial charge in [-0.3, -0.25) is 4.79 Å². The molecule has 2 aromatic carbocycles. The summed E-state index contributed by atoms with van der Waals surface area (Å²) in [6.45, 7) is 0.399. The molecule has 7 heteroatoms. The maximum absolute atomic E-state index is 12.4. The molecule has 0 unspecified atom stereocenters. The Balaban J connectivity index is 1.60. The summed E-state index contributed by atoms with van der Waals surface area (Å²) in [5.74, 6) is 1.63. The maximum atomic E-state index is 12.4. The summed E-state index contributed by atoms with van der Waals surface area (Å²) < 4.78 is 16.0. The van der Waals surface area contributed by atoms with Gasteiger partial charge in [0.05, 0.1) is 14.2 Å². The van der Waals surface area contributed by atoms with Gasteiger partial charge >= 0.3 is 0 Å². The fourth-order valence-corrected chi connectivity index (χ4v) is 2.76. The molecular formula is C19H18N2O4S. The van der Waals surface area contributed by atoms with Crippen LogP contribution in [0.5, 0.6) is 22.4 Å². The number of nitrogens with zero attached hydrogens (tertiary/aromatic N) is 1. The van der Waals surface area contributed by atoms with Crippen LogP contribution in [-0.2, 0) is 6.54 Å². The second-order valence-corrected chi connectivity index (χ2v) is 6.19. The molecule has 0 aliphatic heterocycles. The van der Waals surface area contributed by atoms with E-state index in [1.807, 2.05) is 29.6 Å². The van der Waals surface area contributed by atoms with Crippen LogP contribution in [0.25, 0.3) is 0 Å². The molecule has 0 spiro atoms. The van der Waals surface area contributed by atoms with Gasteiger partial charge in [0.2, 0.25) is 0 Å². The van der Waals surface area contributed by atoms with E-state index in [-0.39, 0.29) is 5.91 Å². The fourth-order valence-electron chi connectivity index (χ4n) is 2.26. The number of aromatic nitrogens is 1. The molecule has 1 aromatic heterocycles. The van der Waals surface area contributed by atoms with Crippen molar-refractivity contribution in [3.63, 3.8) is 0 Å². The third kappa shape index (κ3) is 4.52. The van der Waals surface area contributed by atoms with E-state index in [0.717, 1.165) is 5.56 Å². The van der Waals surface area contributed by atoms with E-state index in [2.05, 4.69) is 10.3 Å². The zero-order chi connectivity index (χ0) is 18.4. The normalized spacial score (nSPS) is 10.2. The first-order valence-corrected chi connectivity index (χ1v) is 8.73. The molecule has 3 aromatic rings. The Kier molecular flexibility index (Phi) is 5.70. The monoisotopic (exact) mass is 370 g/mol. The number of carbonyl (C=O) groups is 1. The highest BCUT2D eigenvalue weighted by Crippen LogP contribution is 2.24. The van der Waals surface area contributed by atoms with Crippen molar-refractivity contribution in [2.24, 2.45) is 0 Å². The highest BCUT2D eigenvalue weighted by Gasteiger charge is 2.10. The molecule has 3 rings (SSSR count). The van der Waals surface area contributed by atoms with Gasteiger partial charge in [0.25, 0.3) is 11.1 Å². The van der Waals surface area contributed by atoms with Crippen LogP contribution in [0.1, 0.15) is 15.9 Å². The lowest BCUT2D eigenvalue weighted by molar-refractivity contribution is 0.0950. The SMILES string of the molecule is COc1cc(OC)cc(C(=O)NCc2ccc(Oc3nccs3)cc2)c1. The van der Waals surface area contributed by atoms with Gasteiger partial charge in [0, 0.05) is 29.8 Å². The van der Waals surface area contributed by atoms with Crippen molar-refractivity contribution in [1.29, 1.82) is 0 Å². The third-order valence-corrected chi connectivity index (χ3v) is 4.25. The van der Waals surface area contributed by atoms with Crippen molar-refractivity contribution in [3.05, 3.63) is 65.2 Å². The number of amides is 1. The number of benzene rings is 2. The maximum Gasteiger partial charge on any atom is 0.278 e. The molecule has 0 aliphatic carbocycles. The Bertz CT molecular complexity index is 842. The summed E-state index contributed by atoms with van der Waals surface area (Å²) in [5.41, 5.74) is 1.43. The number of methoxy groups -OCH3 is 2. The largest absolute Gasteiger partial charge is 0.497 e. The van der Waals surface area contributed by atoms with Gasteiger partial charge in [-0.1, -0.05) is 23.5 Å². The second-order valence-electron chi connectivity index (χ2n) is 5.33. The Morgan fingerprint density at radius 3 is 2.31 bits per heavy atom. The van der Waals surface area contributed by atoms with Crippen LogP contribution >= 0.6 is 11.3 Å². The average Bonchev–Trinajstić information content (AvgIpc) is 3.19. The number of hydrogen-bond acceptors (Lipinski definition) is 6. The molecule has 0 radical (unpaired) electrons. The Morgan fingerprint density at radius 1 is 1.04 bits per heavy atom. The molecule has 0 fully saturated rings. The minimum atomic E-state index is -0.203. The minimum Gasteiger partial charge on any atom is -0.497 e. The molecule has 6 nitrogen and oxygen atoms in total. The predicted molar refractivity (Wildman–Crippen MR) is 99.3 cm³/mol. The first kappa shape index (κ1) is 17.8. The molecule has 134 valence electrons. The molecular weight excluding hydrogens is 352 g/mol. The zero-order valence-corrected chi connectivity index (χ0v) is 15.2. The lowest BCUT2D eigenvalue weighted by Crippen LogP contribution is -2.22. The van der Waals surface area contributed by atoms with Crippen LogP contribution in [0.2, 0.25) is 0 Å². The van der Waals surface area contributed by atoms with E-state index in [1.165, 1.54) is 11.3 Å². The molecule has 0 saturated carbocycles. The van der Waals surface area contributed by atoms with Crippen LogP contribution in [-0.4, -0.2) is 25.1 Å². The number of thiazole rings is 1. The second kappa shape index (κ2) is 8.35. The minimum absolute atomic E-state index is 0.203. The molecule has 1 heterocycles. The smallest absolute Gasteiger partial charge is 0.278 e. The Morgan fingerprint density at radius 2 is 1.73 bits per heavy atom. The van der Waals surface area contributed by atoms with Gasteiger partial charge in [0.1, 0.15) is 17.2 Å². The van der Waals surface area contributed by atoms with E-state index < -0.39 is 0 Å². The summed E-state index contributed by atoms with van der Waals surface area (Å²) >= 11 is 1.43. The Labute approximate surface area is 155 Å². The quantitative estimate of drug-likeness (QED) is 0.683. The van der Waals surface area contributed by atoms with Crippen molar-refractivity contribution in [2.45, 2.75) is 6.54 Å².